The van der Waals surface area contributed by atoms with Crippen LogP contribution in [0.15, 0.2) is 35.4 Å². The summed E-state index contributed by atoms with van der Waals surface area (Å²) in [6, 6.07) is 10.1. The summed E-state index contributed by atoms with van der Waals surface area (Å²) in [7, 11) is 3.29. The first-order chi connectivity index (χ1) is 9.24. The van der Waals surface area contributed by atoms with Crippen LogP contribution in [0.25, 0.3) is 10.9 Å². The van der Waals surface area contributed by atoms with Gasteiger partial charge in [-0.2, -0.15) is 0 Å². The van der Waals surface area contributed by atoms with Gasteiger partial charge in [-0.3, -0.25) is 4.79 Å². The Balaban J connectivity index is 2.33. The van der Waals surface area contributed by atoms with Crippen molar-refractivity contribution in [2.75, 3.05) is 19.9 Å². The van der Waals surface area contributed by atoms with Gasteiger partial charge in [0, 0.05) is 11.9 Å². The topological polar surface area (TPSA) is 51.2 Å². The molecule has 0 aliphatic rings. The molecule has 0 saturated heterocycles. The van der Waals surface area contributed by atoms with Gasteiger partial charge < -0.3 is 10.1 Å². The molecule has 0 amide bonds. The second kappa shape index (κ2) is 6.54. The normalized spacial score (nSPS) is 10.6. The number of pyridine rings is 1. The quantitative estimate of drug-likeness (QED) is 0.670. The van der Waals surface area contributed by atoms with Crippen molar-refractivity contribution in [1.82, 2.24) is 10.3 Å². The summed E-state index contributed by atoms with van der Waals surface area (Å²) in [5.41, 5.74) is 2.03. The smallest absolute Gasteiger partial charge is 0.316 e. The van der Waals surface area contributed by atoms with Gasteiger partial charge in [-0.25, -0.2) is 4.98 Å². The van der Waals surface area contributed by atoms with Gasteiger partial charge in [0.1, 0.15) is 5.03 Å². The lowest BCUT2D eigenvalue weighted by molar-refractivity contribution is -0.137. The van der Waals surface area contributed by atoms with Gasteiger partial charge in [0.25, 0.3) is 0 Å². The fourth-order valence-corrected chi connectivity index (χ4v) is 2.62. The number of hydrogen-bond acceptors (Lipinski definition) is 5. The Kier molecular flexibility index (Phi) is 4.76. The number of fused-ring (bicyclic) bond motifs is 1. The number of thioether (sulfide) groups is 1. The molecule has 1 heterocycles. The first-order valence-electron chi connectivity index (χ1n) is 5.97. The predicted octanol–water partition coefficient (Wildman–Crippen LogP) is 2.22. The molecule has 1 aromatic heterocycles. The highest BCUT2D eigenvalue weighted by molar-refractivity contribution is 7.99. The SMILES string of the molecule is CNCc1cc2ccccc2nc1SCC(=O)OC. The minimum Gasteiger partial charge on any atom is -0.468 e. The molecule has 5 heteroatoms. The molecule has 1 N–H and O–H groups in total. The Morgan fingerprint density at radius 3 is 2.95 bits per heavy atom. The molecule has 0 fully saturated rings. The predicted molar refractivity (Wildman–Crippen MR) is 77.2 cm³/mol. The molecule has 4 nitrogen and oxygen atoms in total. The molecule has 0 atom stereocenters. The fraction of sp³-hybridized carbons (Fsp3) is 0.286. The first-order valence-corrected chi connectivity index (χ1v) is 6.96. The Bertz CT molecular complexity index is 587. The van der Waals surface area contributed by atoms with Gasteiger partial charge in [-0.15, -0.1) is 0 Å². The summed E-state index contributed by atoms with van der Waals surface area (Å²) < 4.78 is 4.66. The molecule has 0 aliphatic carbocycles. The molecule has 1 aromatic carbocycles. The summed E-state index contributed by atoms with van der Waals surface area (Å²) in [5.74, 6) is 0.0359. The summed E-state index contributed by atoms with van der Waals surface area (Å²) in [6.45, 7) is 0.724. The summed E-state index contributed by atoms with van der Waals surface area (Å²) in [5, 5.41) is 5.10. The van der Waals surface area contributed by atoms with Gasteiger partial charge in [0.2, 0.25) is 0 Å². The van der Waals surface area contributed by atoms with Crippen molar-refractivity contribution in [3.63, 3.8) is 0 Å². The zero-order valence-corrected chi connectivity index (χ0v) is 11.8. The van der Waals surface area contributed by atoms with Crippen LogP contribution in [0.2, 0.25) is 0 Å². The number of carbonyl (C=O) groups is 1. The number of para-hydroxylation sites is 1. The van der Waals surface area contributed by atoms with Gasteiger partial charge >= 0.3 is 5.97 Å². The maximum absolute atomic E-state index is 11.2. The molecule has 0 radical (unpaired) electrons. The van der Waals surface area contributed by atoms with E-state index in [1.807, 2.05) is 31.3 Å². The second-order valence-electron chi connectivity index (χ2n) is 4.04. The Hall–Kier alpha value is -1.59. The van der Waals surface area contributed by atoms with Crippen LogP contribution in [-0.4, -0.2) is 30.9 Å². The van der Waals surface area contributed by atoms with E-state index in [9.17, 15) is 4.79 Å². The lowest BCUT2D eigenvalue weighted by atomic mass is 10.1. The van der Waals surface area contributed by atoms with Crippen molar-refractivity contribution in [3.05, 3.63) is 35.9 Å². The number of carbonyl (C=O) groups excluding carboxylic acids is 1. The average molecular weight is 276 g/mol. The van der Waals surface area contributed by atoms with Crippen LogP contribution >= 0.6 is 11.8 Å². The van der Waals surface area contributed by atoms with E-state index in [0.717, 1.165) is 28.0 Å². The van der Waals surface area contributed by atoms with Crippen molar-refractivity contribution in [1.29, 1.82) is 0 Å². The van der Waals surface area contributed by atoms with Gasteiger partial charge in [-0.1, -0.05) is 30.0 Å². The molecular formula is C14H16N2O2S. The third kappa shape index (κ3) is 3.45. The lowest BCUT2D eigenvalue weighted by Crippen LogP contribution is -2.09. The number of aromatic nitrogens is 1. The maximum atomic E-state index is 11.2. The minimum absolute atomic E-state index is 0.240. The zero-order chi connectivity index (χ0) is 13.7. The van der Waals surface area contributed by atoms with Crippen LogP contribution in [0.4, 0.5) is 0 Å². The number of rotatable bonds is 5. The van der Waals surface area contributed by atoms with Crippen LogP contribution in [-0.2, 0) is 16.1 Å². The molecule has 19 heavy (non-hydrogen) atoms. The van der Waals surface area contributed by atoms with Crippen molar-refractivity contribution in [2.24, 2.45) is 0 Å². The molecule has 0 spiro atoms. The largest absolute Gasteiger partial charge is 0.468 e. The van der Waals surface area contributed by atoms with E-state index >= 15 is 0 Å². The average Bonchev–Trinajstić information content (AvgIpc) is 2.45. The third-order valence-electron chi connectivity index (χ3n) is 2.68. The minimum atomic E-state index is -0.240. The van der Waals surface area contributed by atoms with Crippen LogP contribution in [0.5, 0.6) is 0 Å². The third-order valence-corrected chi connectivity index (χ3v) is 3.69. The van der Waals surface area contributed by atoms with E-state index < -0.39 is 0 Å². The Labute approximate surface area is 116 Å². The van der Waals surface area contributed by atoms with Crippen LogP contribution in [0, 0.1) is 0 Å². The summed E-state index contributed by atoms with van der Waals surface area (Å²) in [6.07, 6.45) is 0. The van der Waals surface area contributed by atoms with Crippen LogP contribution in [0.1, 0.15) is 5.56 Å². The molecule has 2 rings (SSSR count). The number of ether oxygens (including phenoxy) is 1. The fourth-order valence-electron chi connectivity index (χ4n) is 1.77. The lowest BCUT2D eigenvalue weighted by Gasteiger charge is -2.09. The number of methoxy groups -OCH3 is 1. The van der Waals surface area contributed by atoms with Crippen molar-refractivity contribution in [2.45, 2.75) is 11.6 Å². The maximum Gasteiger partial charge on any atom is 0.316 e. The molecular weight excluding hydrogens is 260 g/mol. The number of hydrogen-bond donors (Lipinski definition) is 1. The molecule has 0 unspecified atom stereocenters. The summed E-state index contributed by atoms with van der Waals surface area (Å²) >= 11 is 1.41. The first kappa shape index (κ1) is 13.8. The molecule has 2 aromatic rings. The highest BCUT2D eigenvalue weighted by Crippen LogP contribution is 2.25. The molecule has 0 bridgehead atoms. The molecule has 0 aliphatic heterocycles. The van der Waals surface area contributed by atoms with Crippen molar-refractivity contribution in [3.8, 4) is 0 Å². The zero-order valence-electron chi connectivity index (χ0n) is 11.0. The highest BCUT2D eigenvalue weighted by Gasteiger charge is 2.09. The van der Waals surface area contributed by atoms with E-state index in [1.54, 1.807) is 0 Å². The Morgan fingerprint density at radius 1 is 1.42 bits per heavy atom. The van der Waals surface area contributed by atoms with E-state index in [4.69, 9.17) is 0 Å². The monoisotopic (exact) mass is 276 g/mol. The summed E-state index contributed by atoms with van der Waals surface area (Å²) in [4.78, 5) is 15.8. The van der Waals surface area contributed by atoms with E-state index in [-0.39, 0.29) is 11.7 Å². The molecule has 100 valence electrons. The number of nitrogens with one attached hydrogen (secondary N) is 1. The van der Waals surface area contributed by atoms with Gasteiger partial charge in [-0.05, 0) is 24.7 Å². The van der Waals surface area contributed by atoms with Gasteiger partial charge in [0.05, 0.1) is 18.4 Å². The standard InChI is InChI=1S/C14H16N2O2S/c1-15-8-11-7-10-5-3-4-6-12(10)16-14(11)19-9-13(17)18-2/h3-7,15H,8-9H2,1-2H3. The van der Waals surface area contributed by atoms with Gasteiger partial charge in [0.15, 0.2) is 0 Å². The van der Waals surface area contributed by atoms with Crippen LogP contribution < -0.4 is 5.32 Å². The second-order valence-corrected chi connectivity index (χ2v) is 5.00. The Morgan fingerprint density at radius 2 is 2.21 bits per heavy atom. The molecule has 0 saturated carbocycles. The highest BCUT2D eigenvalue weighted by atomic mass is 32.2. The van der Waals surface area contributed by atoms with E-state index in [1.165, 1.54) is 18.9 Å². The van der Waals surface area contributed by atoms with Crippen molar-refractivity contribution >= 4 is 28.6 Å². The van der Waals surface area contributed by atoms with Crippen molar-refractivity contribution < 1.29 is 9.53 Å². The van der Waals surface area contributed by atoms with E-state index in [2.05, 4.69) is 21.1 Å². The number of esters is 1. The van der Waals surface area contributed by atoms with E-state index in [0.29, 0.717) is 0 Å². The van der Waals surface area contributed by atoms with Crippen LogP contribution in [0.3, 0.4) is 0 Å². The number of nitrogens with zero attached hydrogens (tertiary/aromatic N) is 1. The number of benzene rings is 1.